The van der Waals surface area contributed by atoms with E-state index in [4.69, 9.17) is 0 Å². The summed E-state index contributed by atoms with van der Waals surface area (Å²) in [6.45, 7) is 4.76. The predicted molar refractivity (Wildman–Crippen MR) is 144 cm³/mol. The van der Waals surface area contributed by atoms with Crippen LogP contribution in [-0.4, -0.2) is 24.7 Å². The number of rotatable bonds is 8. The fraction of sp³-hybridized carbons (Fsp3) is 0.133. The van der Waals surface area contributed by atoms with Crippen LogP contribution in [0.1, 0.15) is 45.7 Å². The van der Waals surface area contributed by atoms with E-state index < -0.39 is 20.4 Å². The van der Waals surface area contributed by atoms with Crippen LogP contribution >= 0.6 is 11.8 Å². The van der Waals surface area contributed by atoms with Crippen LogP contribution in [-0.2, 0) is 9.84 Å². The number of carbonyl (C=O) groups is 2. The number of carbonyl (C=O) groups excluding carboxylic acids is 2. The highest BCUT2D eigenvalue weighted by Gasteiger charge is 2.43. The zero-order chi connectivity index (χ0) is 25.9. The molecule has 0 N–H and O–H groups in total. The Morgan fingerprint density at radius 1 is 0.694 bits per heavy atom. The molecule has 0 aliphatic rings. The fourth-order valence-corrected chi connectivity index (χ4v) is 6.16. The van der Waals surface area contributed by atoms with Crippen molar-refractivity contribution in [1.82, 2.24) is 0 Å². The van der Waals surface area contributed by atoms with Gasteiger partial charge in [0.05, 0.1) is 4.90 Å². The van der Waals surface area contributed by atoms with Gasteiger partial charge in [-0.05, 0) is 57.2 Å². The van der Waals surface area contributed by atoms with Gasteiger partial charge in [-0.3, -0.25) is 9.59 Å². The third-order valence-electron chi connectivity index (χ3n) is 6.06. The molecule has 6 heteroatoms. The zero-order valence-corrected chi connectivity index (χ0v) is 21.9. The summed E-state index contributed by atoms with van der Waals surface area (Å²) in [5.74, 6) is -0.534. The van der Waals surface area contributed by atoms with E-state index in [-0.39, 0.29) is 10.7 Å². The number of hydrogen-bond donors (Lipinski definition) is 0. The van der Waals surface area contributed by atoms with Crippen LogP contribution in [0.25, 0.3) is 0 Å². The van der Waals surface area contributed by atoms with Crippen LogP contribution in [0.2, 0.25) is 0 Å². The highest BCUT2D eigenvalue weighted by molar-refractivity contribution is 7.99. The average molecular weight is 515 g/mol. The Kier molecular flexibility index (Phi) is 7.29. The molecule has 0 fully saturated rings. The molecule has 0 heterocycles. The Balaban J connectivity index is 1.57. The Labute approximate surface area is 216 Å². The number of ketones is 2. The predicted octanol–water partition coefficient (Wildman–Crippen LogP) is 6.81. The number of hydrogen-bond acceptors (Lipinski definition) is 5. The Hall–Kier alpha value is -3.48. The van der Waals surface area contributed by atoms with Crippen molar-refractivity contribution in [2.24, 2.45) is 0 Å². The largest absolute Gasteiger partial charge is 0.292 e. The topological polar surface area (TPSA) is 68.3 Å². The molecule has 0 saturated carbocycles. The number of Topliss-reactive ketones (excluding diaryl/α,β-unsaturated/α-hetero) is 1. The maximum absolute atomic E-state index is 13.3. The summed E-state index contributed by atoms with van der Waals surface area (Å²) in [5.41, 5.74) is 2.47. The van der Waals surface area contributed by atoms with Crippen LogP contribution in [0.5, 0.6) is 0 Å². The molecule has 0 spiro atoms. The summed E-state index contributed by atoms with van der Waals surface area (Å²) in [5, 5.41) is 0. The lowest BCUT2D eigenvalue weighted by molar-refractivity contribution is 0.0953. The molecule has 4 aromatic rings. The van der Waals surface area contributed by atoms with Gasteiger partial charge in [-0.2, -0.15) is 0 Å². The number of aryl methyl sites for hydroxylation is 1. The second kappa shape index (κ2) is 10.2. The first kappa shape index (κ1) is 25.6. The summed E-state index contributed by atoms with van der Waals surface area (Å²) >= 11 is 1.42. The van der Waals surface area contributed by atoms with Crippen molar-refractivity contribution in [2.75, 3.05) is 0 Å². The summed E-state index contributed by atoms with van der Waals surface area (Å²) in [6, 6.07) is 29.8. The summed E-state index contributed by atoms with van der Waals surface area (Å²) in [4.78, 5) is 28.1. The van der Waals surface area contributed by atoms with E-state index in [0.29, 0.717) is 16.7 Å². The monoisotopic (exact) mass is 514 g/mol. The molecule has 0 radical (unpaired) electrons. The van der Waals surface area contributed by atoms with Crippen molar-refractivity contribution < 1.29 is 18.0 Å². The lowest BCUT2D eigenvalue weighted by Gasteiger charge is -2.23. The summed E-state index contributed by atoms with van der Waals surface area (Å²) in [7, 11) is -3.90. The molecule has 0 unspecified atom stereocenters. The highest BCUT2D eigenvalue weighted by atomic mass is 32.2. The van der Waals surface area contributed by atoms with E-state index >= 15 is 0 Å². The van der Waals surface area contributed by atoms with Crippen molar-refractivity contribution >= 4 is 33.2 Å². The highest BCUT2D eigenvalue weighted by Crippen LogP contribution is 2.33. The van der Waals surface area contributed by atoms with Gasteiger partial charge >= 0.3 is 0 Å². The minimum atomic E-state index is -3.90. The Morgan fingerprint density at radius 2 is 1.28 bits per heavy atom. The van der Waals surface area contributed by atoms with Crippen molar-refractivity contribution in [3.8, 4) is 0 Å². The minimum Gasteiger partial charge on any atom is -0.292 e. The second-order valence-corrected chi connectivity index (χ2v) is 12.6. The third kappa shape index (κ3) is 5.06. The molecule has 4 nitrogen and oxygen atoms in total. The number of sulfone groups is 1. The van der Waals surface area contributed by atoms with Crippen LogP contribution in [0.15, 0.2) is 118 Å². The van der Waals surface area contributed by atoms with E-state index in [2.05, 4.69) is 0 Å². The van der Waals surface area contributed by atoms with Crippen molar-refractivity contribution in [3.05, 3.63) is 125 Å². The standard InChI is InChI=1S/C30H26O4S2/c1-21-13-19-25(20-14-21)36(33,34)30(2,3)29(32)23-15-17-24(18-16-23)35-27-12-8-7-11-26(27)28(31)22-9-5-4-6-10-22/h4-20H,1-3H3. The molecular formula is C30H26O4S2. The van der Waals surface area contributed by atoms with Gasteiger partial charge in [0.2, 0.25) is 0 Å². The smallest absolute Gasteiger partial charge is 0.194 e. The van der Waals surface area contributed by atoms with E-state index in [1.807, 2.05) is 43.3 Å². The molecule has 0 aromatic heterocycles. The third-order valence-corrected chi connectivity index (χ3v) is 9.57. The van der Waals surface area contributed by atoms with Crippen molar-refractivity contribution in [1.29, 1.82) is 0 Å². The van der Waals surface area contributed by atoms with Gasteiger partial charge in [-0.1, -0.05) is 84.1 Å². The number of benzene rings is 4. The average Bonchev–Trinajstić information content (AvgIpc) is 2.89. The summed E-state index contributed by atoms with van der Waals surface area (Å²) < 4.78 is 24.9. The Bertz CT molecular complexity index is 1500. The molecule has 182 valence electrons. The van der Waals surface area contributed by atoms with E-state index in [1.165, 1.54) is 37.7 Å². The molecular weight excluding hydrogens is 488 g/mol. The van der Waals surface area contributed by atoms with Gasteiger partial charge in [-0.25, -0.2) is 8.42 Å². The first-order valence-electron chi connectivity index (χ1n) is 11.4. The first-order chi connectivity index (χ1) is 17.1. The second-order valence-electron chi connectivity index (χ2n) is 8.97. The first-order valence-corrected chi connectivity index (χ1v) is 13.7. The normalized spacial score (nSPS) is 11.8. The Morgan fingerprint density at radius 3 is 1.92 bits per heavy atom. The van der Waals surface area contributed by atoms with Gasteiger partial charge in [-0.15, -0.1) is 0 Å². The van der Waals surface area contributed by atoms with Gasteiger partial charge in [0.25, 0.3) is 0 Å². The van der Waals surface area contributed by atoms with Crippen LogP contribution in [0, 0.1) is 6.92 Å². The van der Waals surface area contributed by atoms with Crippen LogP contribution in [0.4, 0.5) is 0 Å². The molecule has 0 atom stereocenters. The maximum Gasteiger partial charge on any atom is 0.194 e. The molecule has 0 bridgehead atoms. The molecule has 36 heavy (non-hydrogen) atoms. The van der Waals surface area contributed by atoms with Crippen LogP contribution < -0.4 is 0 Å². The fourth-order valence-electron chi connectivity index (χ4n) is 3.77. The molecule has 4 aromatic carbocycles. The van der Waals surface area contributed by atoms with E-state index in [0.717, 1.165) is 15.4 Å². The zero-order valence-electron chi connectivity index (χ0n) is 20.3. The minimum absolute atomic E-state index is 0.0615. The van der Waals surface area contributed by atoms with E-state index in [1.54, 1.807) is 54.6 Å². The van der Waals surface area contributed by atoms with Gasteiger partial charge in [0.1, 0.15) is 4.75 Å². The van der Waals surface area contributed by atoms with Crippen molar-refractivity contribution in [2.45, 2.75) is 40.2 Å². The molecule has 0 aliphatic heterocycles. The van der Waals surface area contributed by atoms with Gasteiger partial charge < -0.3 is 0 Å². The maximum atomic E-state index is 13.3. The van der Waals surface area contributed by atoms with E-state index in [9.17, 15) is 18.0 Å². The molecule has 0 saturated heterocycles. The van der Waals surface area contributed by atoms with Crippen molar-refractivity contribution in [3.63, 3.8) is 0 Å². The molecule has 4 rings (SSSR count). The SMILES string of the molecule is Cc1ccc(S(=O)(=O)C(C)(C)C(=O)c2ccc(Sc3ccccc3C(=O)c3ccccc3)cc2)cc1. The molecule has 0 amide bonds. The lowest BCUT2D eigenvalue weighted by atomic mass is 10.0. The lowest BCUT2D eigenvalue weighted by Crippen LogP contribution is -2.40. The quantitative estimate of drug-likeness (QED) is 0.242. The van der Waals surface area contributed by atoms with Crippen LogP contribution in [0.3, 0.4) is 0 Å². The molecule has 0 aliphatic carbocycles. The van der Waals surface area contributed by atoms with Gasteiger partial charge in [0, 0.05) is 26.5 Å². The van der Waals surface area contributed by atoms with Gasteiger partial charge in [0.15, 0.2) is 21.4 Å². The summed E-state index contributed by atoms with van der Waals surface area (Å²) in [6.07, 6.45) is 0.